The Kier molecular flexibility index (Phi) is 2.67. The van der Waals surface area contributed by atoms with Gasteiger partial charge >= 0.3 is 0 Å². The first-order valence-corrected chi connectivity index (χ1v) is 2.23. The second-order valence-corrected chi connectivity index (χ2v) is 1.48. The van der Waals surface area contributed by atoms with Crippen LogP contribution in [0.5, 0.6) is 5.75 Å². The standard InChI is InChI=1S/C6H5FO.H2O/c7-5-1-3-6(8)4-2-5;/h1-4,8H;1H2. The van der Waals surface area contributed by atoms with Crippen LogP contribution in [-0.2, 0) is 0 Å². The van der Waals surface area contributed by atoms with Crippen LogP contribution in [0.3, 0.4) is 0 Å². The molecule has 0 radical (unpaired) electrons. The Balaban J connectivity index is 0.000000640. The van der Waals surface area contributed by atoms with Crippen LogP contribution in [0.25, 0.3) is 0 Å². The quantitative estimate of drug-likeness (QED) is 0.552. The van der Waals surface area contributed by atoms with Crippen LogP contribution in [0.2, 0.25) is 0 Å². The van der Waals surface area contributed by atoms with E-state index in [-0.39, 0.29) is 17.0 Å². The molecule has 1 rings (SSSR count). The molecule has 0 heterocycles. The first-order chi connectivity index (χ1) is 3.79. The number of halogens is 1. The molecular weight excluding hydrogens is 123 g/mol. The van der Waals surface area contributed by atoms with Gasteiger partial charge in [-0.2, -0.15) is 0 Å². The summed E-state index contributed by atoms with van der Waals surface area (Å²) in [6.07, 6.45) is 0. The molecule has 0 amide bonds. The summed E-state index contributed by atoms with van der Waals surface area (Å²) in [6.45, 7) is 0. The van der Waals surface area contributed by atoms with Crippen LogP contribution in [0.15, 0.2) is 24.3 Å². The van der Waals surface area contributed by atoms with Crippen molar-refractivity contribution in [3.63, 3.8) is 0 Å². The zero-order valence-corrected chi connectivity index (χ0v) is 4.63. The highest BCUT2D eigenvalue weighted by molar-refractivity contribution is 5.19. The second-order valence-electron chi connectivity index (χ2n) is 1.48. The maximum atomic E-state index is 12.0. The third kappa shape index (κ3) is 2.10. The molecule has 0 bridgehead atoms. The first-order valence-electron chi connectivity index (χ1n) is 2.23. The summed E-state index contributed by atoms with van der Waals surface area (Å²) in [6, 6.07) is 5.01. The number of hydrogen-bond acceptors (Lipinski definition) is 1. The lowest BCUT2D eigenvalue weighted by atomic mass is 10.3. The summed E-state index contributed by atoms with van der Waals surface area (Å²) in [5.74, 6) is -0.241. The molecule has 3 N–H and O–H groups in total. The van der Waals surface area contributed by atoms with Gasteiger partial charge in [0.15, 0.2) is 0 Å². The van der Waals surface area contributed by atoms with Crippen LogP contribution >= 0.6 is 0 Å². The summed E-state index contributed by atoms with van der Waals surface area (Å²) < 4.78 is 12.0. The summed E-state index contributed by atoms with van der Waals surface area (Å²) in [4.78, 5) is 0. The van der Waals surface area contributed by atoms with Crippen LogP contribution < -0.4 is 0 Å². The van der Waals surface area contributed by atoms with Gasteiger partial charge in [0.1, 0.15) is 11.6 Å². The monoisotopic (exact) mass is 130 g/mol. The SMILES string of the molecule is O.Oc1ccc(F)cc1. The third-order valence-electron chi connectivity index (χ3n) is 0.827. The fourth-order valence-corrected chi connectivity index (χ4v) is 0.441. The number of aromatic hydroxyl groups is 1. The van der Waals surface area contributed by atoms with Crippen molar-refractivity contribution < 1.29 is 15.0 Å². The molecule has 50 valence electrons. The highest BCUT2D eigenvalue weighted by Crippen LogP contribution is 2.06. The van der Waals surface area contributed by atoms with E-state index in [0.29, 0.717) is 0 Å². The van der Waals surface area contributed by atoms with E-state index >= 15 is 0 Å². The average Bonchev–Trinajstić information content (AvgIpc) is 1.77. The van der Waals surface area contributed by atoms with Crippen molar-refractivity contribution in [2.75, 3.05) is 0 Å². The molecule has 0 spiro atoms. The number of phenolic OH excluding ortho intramolecular Hbond substituents is 1. The van der Waals surface area contributed by atoms with Gasteiger partial charge in [-0.25, -0.2) is 4.39 Å². The zero-order chi connectivity index (χ0) is 5.98. The predicted molar refractivity (Wildman–Crippen MR) is 31.7 cm³/mol. The molecule has 0 aliphatic heterocycles. The summed E-state index contributed by atoms with van der Waals surface area (Å²) in [5, 5.41) is 8.59. The van der Waals surface area contributed by atoms with E-state index in [1.54, 1.807) is 0 Å². The van der Waals surface area contributed by atoms with Crippen LogP contribution in [0.4, 0.5) is 4.39 Å². The average molecular weight is 130 g/mol. The molecule has 1 aromatic carbocycles. The first kappa shape index (κ1) is 7.91. The molecule has 0 aromatic heterocycles. The molecule has 0 saturated carbocycles. The van der Waals surface area contributed by atoms with E-state index in [2.05, 4.69) is 0 Å². The Morgan fingerprint density at radius 2 is 1.56 bits per heavy atom. The minimum Gasteiger partial charge on any atom is -0.508 e. The zero-order valence-electron chi connectivity index (χ0n) is 4.63. The van der Waals surface area contributed by atoms with Gasteiger partial charge in [-0.3, -0.25) is 0 Å². The Bertz CT molecular complexity index is 150. The second kappa shape index (κ2) is 3.04. The van der Waals surface area contributed by atoms with Crippen LogP contribution in [0.1, 0.15) is 0 Å². The fraction of sp³-hybridized carbons (Fsp3) is 0. The molecule has 2 nitrogen and oxygen atoms in total. The molecule has 0 aliphatic rings. The Morgan fingerprint density at radius 1 is 1.11 bits per heavy atom. The van der Waals surface area contributed by atoms with Gasteiger partial charge in [-0.15, -0.1) is 0 Å². The van der Waals surface area contributed by atoms with E-state index < -0.39 is 0 Å². The van der Waals surface area contributed by atoms with Crippen LogP contribution in [-0.4, -0.2) is 10.6 Å². The molecule has 9 heavy (non-hydrogen) atoms. The molecule has 0 atom stereocenters. The highest BCUT2D eigenvalue weighted by Gasteiger charge is 1.85. The maximum Gasteiger partial charge on any atom is 0.123 e. The summed E-state index contributed by atoms with van der Waals surface area (Å²) in [7, 11) is 0. The predicted octanol–water partition coefficient (Wildman–Crippen LogP) is 0.707. The van der Waals surface area contributed by atoms with Gasteiger partial charge in [0.05, 0.1) is 0 Å². The number of hydrogen-bond donors (Lipinski definition) is 1. The Morgan fingerprint density at radius 3 is 1.89 bits per heavy atom. The van der Waals surface area contributed by atoms with E-state index in [0.717, 1.165) is 0 Å². The molecular formula is C6H7FO2. The molecule has 0 saturated heterocycles. The van der Waals surface area contributed by atoms with E-state index in [1.165, 1.54) is 24.3 Å². The van der Waals surface area contributed by atoms with Crippen molar-refractivity contribution in [3.8, 4) is 5.75 Å². The van der Waals surface area contributed by atoms with Crippen molar-refractivity contribution in [3.05, 3.63) is 30.1 Å². The number of phenols is 1. The maximum absolute atomic E-state index is 12.0. The van der Waals surface area contributed by atoms with Crippen molar-refractivity contribution in [2.45, 2.75) is 0 Å². The van der Waals surface area contributed by atoms with Gasteiger partial charge < -0.3 is 10.6 Å². The van der Waals surface area contributed by atoms with Crippen molar-refractivity contribution >= 4 is 0 Å². The van der Waals surface area contributed by atoms with Crippen molar-refractivity contribution in [1.29, 1.82) is 0 Å². The largest absolute Gasteiger partial charge is 0.508 e. The normalized spacial score (nSPS) is 8.11. The lowest BCUT2D eigenvalue weighted by Crippen LogP contribution is -1.67. The van der Waals surface area contributed by atoms with Gasteiger partial charge in [0.2, 0.25) is 0 Å². The number of rotatable bonds is 0. The Hall–Kier alpha value is -1.09. The molecule has 0 unspecified atom stereocenters. The molecule has 1 aromatic rings. The smallest absolute Gasteiger partial charge is 0.123 e. The number of benzene rings is 1. The minimum atomic E-state index is -0.331. The van der Waals surface area contributed by atoms with E-state index in [4.69, 9.17) is 5.11 Å². The molecule has 0 aliphatic carbocycles. The Labute approximate surface area is 51.9 Å². The van der Waals surface area contributed by atoms with Gasteiger partial charge in [0.25, 0.3) is 0 Å². The summed E-state index contributed by atoms with van der Waals surface area (Å²) in [5.41, 5.74) is 0. The highest BCUT2D eigenvalue weighted by atomic mass is 19.1. The lowest BCUT2D eigenvalue weighted by Gasteiger charge is -1.86. The van der Waals surface area contributed by atoms with Crippen molar-refractivity contribution in [1.82, 2.24) is 0 Å². The van der Waals surface area contributed by atoms with Gasteiger partial charge in [0, 0.05) is 0 Å². The van der Waals surface area contributed by atoms with E-state index in [1.807, 2.05) is 0 Å². The fourth-order valence-electron chi connectivity index (χ4n) is 0.441. The topological polar surface area (TPSA) is 51.7 Å². The summed E-state index contributed by atoms with van der Waals surface area (Å²) >= 11 is 0. The van der Waals surface area contributed by atoms with E-state index in [9.17, 15) is 4.39 Å². The molecule has 3 heteroatoms. The lowest BCUT2D eigenvalue weighted by molar-refractivity contribution is 0.473. The van der Waals surface area contributed by atoms with Crippen molar-refractivity contribution in [2.24, 2.45) is 0 Å². The molecule has 0 fully saturated rings. The van der Waals surface area contributed by atoms with Gasteiger partial charge in [-0.1, -0.05) is 0 Å². The van der Waals surface area contributed by atoms with Gasteiger partial charge in [-0.05, 0) is 24.3 Å². The third-order valence-corrected chi connectivity index (χ3v) is 0.827. The minimum absolute atomic E-state index is 0. The van der Waals surface area contributed by atoms with Crippen LogP contribution in [0, 0.1) is 5.82 Å².